The zero-order chi connectivity index (χ0) is 71.3. The number of pyridine rings is 6. The molecule has 12 rings (SSSR count). The Labute approximate surface area is 580 Å². The van der Waals surface area contributed by atoms with Crippen LogP contribution in [-0.2, 0) is 9.47 Å². The Morgan fingerprint density at radius 2 is 0.808 bits per heavy atom. The molecule has 502 valence electrons. The molecule has 9 heterocycles. The molecular formula is C76H77ClN18O4. The number of anilines is 5. The van der Waals surface area contributed by atoms with Crippen LogP contribution in [0.2, 0.25) is 5.15 Å². The third-order valence-corrected chi connectivity index (χ3v) is 15.2. The normalized spacial score (nSPS) is 11.9. The zero-order valence-corrected chi connectivity index (χ0v) is 57.8. The number of fused-ring (bicyclic) bond motifs is 3. The number of hydrogen-bond donors (Lipinski definition) is 6. The molecule has 0 aliphatic rings. The van der Waals surface area contributed by atoms with Crippen molar-refractivity contribution in [2.75, 3.05) is 16.4 Å². The number of aromatic nitrogens is 9. The van der Waals surface area contributed by atoms with Gasteiger partial charge >= 0.3 is 12.2 Å². The Hall–Kier alpha value is -12.2. The van der Waals surface area contributed by atoms with Gasteiger partial charge in [0.25, 0.3) is 0 Å². The number of nitrogens with two attached hydrogens (primary N) is 2. The van der Waals surface area contributed by atoms with E-state index in [9.17, 15) is 20.1 Å². The van der Waals surface area contributed by atoms with Gasteiger partial charge in [-0.25, -0.2) is 39.5 Å². The summed E-state index contributed by atoms with van der Waals surface area (Å²) in [6.07, 6.45) is 4.93. The molecule has 3 aromatic carbocycles. The number of nitrogens with zero attached hydrogens (tertiary/aromatic N) is 12. The van der Waals surface area contributed by atoms with Crippen LogP contribution in [0.25, 0.3) is 51.1 Å². The van der Waals surface area contributed by atoms with Crippen LogP contribution >= 0.6 is 11.6 Å². The first-order valence-corrected chi connectivity index (χ1v) is 32.1. The fourth-order valence-electron chi connectivity index (χ4n) is 10.5. The van der Waals surface area contributed by atoms with Crippen molar-refractivity contribution >= 4 is 69.4 Å². The molecule has 22 nitrogen and oxygen atoms in total. The maximum atomic E-state index is 12.1. The summed E-state index contributed by atoms with van der Waals surface area (Å²) in [4.78, 5) is 51.1. The minimum Gasteiger partial charge on any atom is -0.444 e. The van der Waals surface area contributed by atoms with Crippen molar-refractivity contribution in [3.8, 4) is 52.4 Å². The van der Waals surface area contributed by atoms with Crippen LogP contribution < -0.4 is 32.7 Å². The second kappa shape index (κ2) is 31.1. The van der Waals surface area contributed by atoms with E-state index in [-0.39, 0.29) is 18.1 Å². The topological polar surface area (TPSA) is 315 Å². The highest BCUT2D eigenvalue weighted by Gasteiger charge is 2.22. The maximum Gasteiger partial charge on any atom is 0.408 e. The highest BCUT2D eigenvalue weighted by atomic mass is 35.5. The quantitative estimate of drug-likeness (QED) is 0.0489. The predicted molar refractivity (Wildman–Crippen MR) is 387 cm³/mol. The molecular weight excluding hydrogens is 1260 g/mol. The number of imidazole rings is 3. The Balaban J connectivity index is 0.000000161. The molecule has 0 saturated heterocycles. The van der Waals surface area contributed by atoms with E-state index in [1.807, 2.05) is 242 Å². The van der Waals surface area contributed by atoms with Crippen LogP contribution in [-0.4, -0.2) is 66.5 Å². The van der Waals surface area contributed by atoms with E-state index in [1.165, 1.54) is 0 Å². The summed E-state index contributed by atoms with van der Waals surface area (Å²) in [5.74, 6) is 1.16. The molecule has 12 aromatic rings. The standard InChI is InChI=1S/C27H28N6O2.C22H20N6.C14H9ClN4.C13H20N2O2/c1-17(30-26(34)35-27(3,4)5)20-9-11-21(12-10-20)31-23-15-19(16-28)14-22(32-23)25-18(2)29-24-8-6-7-13-33(24)25;1-14(24)17-6-8-18(9-7-17)26-20-12-16(13-23)11-19(27-20)22-15(2)25-21-5-3-4-10-28(21)22;1-9-14(19-5-3-2-4-13(19)17-9)11-6-10(8-16)7-12(15)18-11;1-9(10-5-7-11(14)8-6-10)15-12(16)17-13(2,3)4/h6-15,17H,1-5H3,(H,30,34)(H,31,32);3-12,14H,24H2,1-2H3,(H,26,27);2-7H,1H3;5-9H,14H2,1-4H3,(H,15,16). The lowest BCUT2D eigenvalue weighted by Crippen LogP contribution is -2.34. The van der Waals surface area contributed by atoms with Gasteiger partial charge in [0.2, 0.25) is 0 Å². The summed E-state index contributed by atoms with van der Waals surface area (Å²) < 4.78 is 16.4. The van der Waals surface area contributed by atoms with E-state index in [1.54, 1.807) is 36.4 Å². The fraction of sp³-hybridized carbons (Fsp3) is 0.224. The van der Waals surface area contributed by atoms with Crippen LogP contribution in [0.5, 0.6) is 0 Å². The van der Waals surface area contributed by atoms with E-state index in [4.69, 9.17) is 47.8 Å². The molecule has 0 spiro atoms. The smallest absolute Gasteiger partial charge is 0.408 e. The van der Waals surface area contributed by atoms with Gasteiger partial charge in [-0.3, -0.25) is 13.2 Å². The van der Waals surface area contributed by atoms with Crippen molar-refractivity contribution in [2.24, 2.45) is 5.73 Å². The van der Waals surface area contributed by atoms with Gasteiger partial charge in [0, 0.05) is 41.7 Å². The number of halogens is 1. The van der Waals surface area contributed by atoms with E-state index in [0.29, 0.717) is 56.2 Å². The summed E-state index contributed by atoms with van der Waals surface area (Å²) in [6.45, 7) is 22.5. The average molecular weight is 1340 g/mol. The summed E-state index contributed by atoms with van der Waals surface area (Å²) in [7, 11) is 0. The van der Waals surface area contributed by atoms with Gasteiger partial charge in [-0.05, 0) is 209 Å². The fourth-order valence-corrected chi connectivity index (χ4v) is 10.7. The van der Waals surface area contributed by atoms with Gasteiger partial charge in [-0.1, -0.05) is 66.2 Å². The lowest BCUT2D eigenvalue weighted by atomic mass is 10.1. The number of amides is 2. The van der Waals surface area contributed by atoms with Gasteiger partial charge in [0.05, 0.1) is 98.2 Å². The molecule has 3 atom stereocenters. The Morgan fingerprint density at radius 1 is 0.475 bits per heavy atom. The van der Waals surface area contributed by atoms with Crippen LogP contribution in [0.3, 0.4) is 0 Å². The maximum absolute atomic E-state index is 12.1. The van der Waals surface area contributed by atoms with Crippen LogP contribution in [0.15, 0.2) is 182 Å². The lowest BCUT2D eigenvalue weighted by Gasteiger charge is -2.22. The number of benzene rings is 3. The van der Waals surface area contributed by atoms with Gasteiger partial charge in [-0.2, -0.15) is 15.8 Å². The number of carbonyl (C=O) groups is 2. The summed E-state index contributed by atoms with van der Waals surface area (Å²) in [5, 5.41) is 40.6. The van der Waals surface area contributed by atoms with E-state index >= 15 is 0 Å². The molecule has 23 heteroatoms. The van der Waals surface area contributed by atoms with Gasteiger partial charge in [0.1, 0.15) is 44.9 Å². The summed E-state index contributed by atoms with van der Waals surface area (Å²) >= 11 is 5.96. The number of alkyl carbamates (subject to hydrolysis) is 2. The third-order valence-electron chi connectivity index (χ3n) is 15.0. The minimum atomic E-state index is -0.552. The number of carbonyl (C=O) groups excluding carboxylic acids is 2. The number of nitriles is 3. The molecule has 0 bridgehead atoms. The summed E-state index contributed by atoms with van der Waals surface area (Å²) in [5.41, 5.74) is 27.0. The predicted octanol–water partition coefficient (Wildman–Crippen LogP) is 16.3. The molecule has 2 amide bonds. The van der Waals surface area contributed by atoms with Gasteiger partial charge in [-0.15, -0.1) is 0 Å². The van der Waals surface area contributed by atoms with Crippen LogP contribution in [0.1, 0.15) is 131 Å². The number of rotatable bonds is 12. The Bertz CT molecular complexity index is 4990. The minimum absolute atomic E-state index is 0.0150. The van der Waals surface area contributed by atoms with Gasteiger partial charge in [0.15, 0.2) is 0 Å². The molecule has 0 aliphatic heterocycles. The lowest BCUT2D eigenvalue weighted by molar-refractivity contribution is 0.0496. The average Bonchev–Trinajstić information content (AvgIpc) is 1.67. The molecule has 0 aliphatic carbocycles. The molecule has 0 fully saturated rings. The number of nitrogen functional groups attached to an aromatic ring is 1. The number of aryl methyl sites for hydroxylation is 3. The monoisotopic (exact) mass is 1340 g/mol. The molecule has 8 N–H and O–H groups in total. The Morgan fingerprint density at radius 3 is 1.15 bits per heavy atom. The second-order valence-electron chi connectivity index (χ2n) is 25.3. The highest BCUT2D eigenvalue weighted by Crippen LogP contribution is 2.31. The zero-order valence-electron chi connectivity index (χ0n) is 57.1. The summed E-state index contributed by atoms with van der Waals surface area (Å²) in [6, 6.07) is 56.8. The first-order chi connectivity index (χ1) is 47.1. The van der Waals surface area contributed by atoms with Crippen molar-refractivity contribution < 1.29 is 19.1 Å². The molecule has 99 heavy (non-hydrogen) atoms. The van der Waals surface area contributed by atoms with Crippen LogP contribution in [0, 0.1) is 54.8 Å². The Kier molecular flexibility index (Phi) is 22.4. The largest absolute Gasteiger partial charge is 0.444 e. The van der Waals surface area contributed by atoms with Crippen molar-refractivity contribution in [1.29, 1.82) is 15.8 Å². The van der Waals surface area contributed by atoms with E-state index in [0.717, 1.165) is 79.2 Å². The molecule has 0 saturated carbocycles. The number of hydrogen-bond acceptors (Lipinski definition) is 17. The number of ether oxygens (including phenoxy) is 2. The highest BCUT2D eigenvalue weighted by molar-refractivity contribution is 6.29. The molecule has 3 unspecified atom stereocenters. The molecule has 9 aromatic heterocycles. The van der Waals surface area contributed by atoms with E-state index in [2.05, 4.69) is 59.4 Å². The number of nitrogens with one attached hydrogen (secondary N) is 4. The molecule has 0 radical (unpaired) electrons. The van der Waals surface area contributed by atoms with E-state index < -0.39 is 23.4 Å². The second-order valence-corrected chi connectivity index (χ2v) is 25.6. The first-order valence-electron chi connectivity index (χ1n) is 31.7. The van der Waals surface area contributed by atoms with Gasteiger partial charge < -0.3 is 42.2 Å². The van der Waals surface area contributed by atoms with Crippen LogP contribution in [0.4, 0.5) is 38.3 Å². The van der Waals surface area contributed by atoms with Crippen molar-refractivity contribution in [3.05, 3.63) is 238 Å². The first kappa shape index (κ1) is 71.1. The van der Waals surface area contributed by atoms with Crippen molar-refractivity contribution in [3.63, 3.8) is 0 Å². The SMILES string of the molecule is CC(NC(=O)OC(C)(C)C)c1ccc(N)cc1.Cc1nc2ccccn2c1-c1cc(C#N)cc(Cl)n1.Cc1nc2ccccn2c1-c1cc(C#N)cc(Nc2ccc(C(C)N)cc2)n1.Cc1nc2ccccn2c1-c1cc(C#N)cc(Nc2ccc(C(C)NC(=O)OC(C)(C)C)cc2)n1. The van der Waals surface area contributed by atoms with Crippen molar-refractivity contribution in [2.45, 2.75) is 112 Å². The van der Waals surface area contributed by atoms with Crippen molar-refractivity contribution in [1.82, 2.24) is 53.7 Å². The third kappa shape index (κ3) is 18.9.